The van der Waals surface area contributed by atoms with E-state index in [0.29, 0.717) is 0 Å². The summed E-state index contributed by atoms with van der Waals surface area (Å²) in [7, 11) is 0. The molecule has 0 spiro atoms. The predicted octanol–water partition coefficient (Wildman–Crippen LogP) is 5.13. The molecular weight excluding hydrogens is 480 g/mol. The van der Waals surface area contributed by atoms with Crippen molar-refractivity contribution in [3.63, 3.8) is 0 Å². The van der Waals surface area contributed by atoms with Gasteiger partial charge in [0.2, 0.25) is 0 Å². The summed E-state index contributed by atoms with van der Waals surface area (Å²) < 4.78 is 3.64. The van der Waals surface area contributed by atoms with E-state index in [4.69, 9.17) is 0 Å². The first-order valence-electron chi connectivity index (χ1n) is 12.2. The molecule has 2 aromatic heterocycles. The van der Waals surface area contributed by atoms with Gasteiger partial charge in [0.25, 0.3) is 0 Å². The standard InChI is InChI=1S/C28H26N8O2/c1-17-15-19(11-13-25(17)37)29-27(35-23-9-5-3-7-21(23)31-33-35)28(30-20-12-14-26(38)18(2)16-20)36-24-10-6-4-8-22(24)32-34-36/h3-16,27-30,37-38H,1-2H3/t27-,28-/m1/s1. The summed E-state index contributed by atoms with van der Waals surface area (Å²) in [6, 6.07) is 26.2. The number of fused-ring (bicyclic) bond motifs is 2. The molecule has 0 amide bonds. The average Bonchev–Trinajstić information content (AvgIpc) is 3.55. The molecule has 0 aliphatic carbocycles. The normalized spacial score (nSPS) is 13.0. The van der Waals surface area contributed by atoms with Gasteiger partial charge in [0.1, 0.15) is 22.5 Å². The van der Waals surface area contributed by atoms with Crippen LogP contribution in [0.3, 0.4) is 0 Å². The number of benzene rings is 4. The number of rotatable bonds is 7. The van der Waals surface area contributed by atoms with Gasteiger partial charge in [-0.25, -0.2) is 9.36 Å². The SMILES string of the molecule is Cc1cc(N[C@@H]([C@H](Nc2ccc(O)c(C)c2)n2nnc3ccccc32)n2nnc3ccccc32)ccc1O. The van der Waals surface area contributed by atoms with E-state index in [1.807, 2.05) is 96.0 Å². The van der Waals surface area contributed by atoms with E-state index in [-0.39, 0.29) is 11.5 Å². The maximum Gasteiger partial charge on any atom is 0.164 e. The lowest BCUT2D eigenvalue weighted by Crippen LogP contribution is -2.35. The highest BCUT2D eigenvalue weighted by Crippen LogP contribution is 2.33. The van der Waals surface area contributed by atoms with Crippen molar-refractivity contribution >= 4 is 33.4 Å². The summed E-state index contributed by atoms with van der Waals surface area (Å²) in [6.45, 7) is 3.69. The fraction of sp³-hybridized carbons (Fsp3) is 0.143. The second kappa shape index (κ2) is 9.40. The molecule has 0 aliphatic heterocycles. The monoisotopic (exact) mass is 506 g/mol. The van der Waals surface area contributed by atoms with Crippen LogP contribution in [0.2, 0.25) is 0 Å². The van der Waals surface area contributed by atoms with E-state index in [1.165, 1.54) is 0 Å². The van der Waals surface area contributed by atoms with Crippen LogP contribution in [0.4, 0.5) is 11.4 Å². The van der Waals surface area contributed by atoms with Crippen LogP contribution in [0, 0.1) is 13.8 Å². The molecule has 0 unspecified atom stereocenters. The zero-order valence-electron chi connectivity index (χ0n) is 20.8. The quantitative estimate of drug-likeness (QED) is 0.220. The lowest BCUT2D eigenvalue weighted by molar-refractivity contribution is 0.346. The van der Waals surface area contributed by atoms with Crippen LogP contribution in [-0.4, -0.2) is 40.2 Å². The number of hydrogen-bond donors (Lipinski definition) is 4. The Kier molecular flexibility index (Phi) is 5.76. The van der Waals surface area contributed by atoms with Crippen molar-refractivity contribution in [2.45, 2.75) is 26.2 Å². The van der Waals surface area contributed by atoms with Crippen molar-refractivity contribution in [2.75, 3.05) is 10.6 Å². The van der Waals surface area contributed by atoms with E-state index in [1.54, 1.807) is 12.1 Å². The van der Waals surface area contributed by atoms with E-state index in [0.717, 1.165) is 44.6 Å². The molecule has 6 aromatic rings. The first-order chi connectivity index (χ1) is 18.5. The summed E-state index contributed by atoms with van der Waals surface area (Å²) in [6.07, 6.45) is -1.10. The molecular formula is C28H26N8O2. The van der Waals surface area contributed by atoms with Crippen LogP contribution in [0.25, 0.3) is 22.1 Å². The summed E-state index contributed by atoms with van der Waals surface area (Å²) in [5.74, 6) is 0.435. The molecule has 0 fully saturated rings. The second-order valence-electron chi connectivity index (χ2n) is 9.23. The van der Waals surface area contributed by atoms with Gasteiger partial charge in [0.05, 0.1) is 11.0 Å². The van der Waals surface area contributed by atoms with Gasteiger partial charge in [-0.2, -0.15) is 0 Å². The molecule has 0 radical (unpaired) electrons. The van der Waals surface area contributed by atoms with E-state index >= 15 is 0 Å². The Hall–Kier alpha value is -5.12. The smallest absolute Gasteiger partial charge is 0.164 e. The Balaban J connectivity index is 1.55. The van der Waals surface area contributed by atoms with Crippen molar-refractivity contribution < 1.29 is 10.2 Å². The number of aryl methyl sites for hydroxylation is 2. The lowest BCUT2D eigenvalue weighted by atomic mass is 10.1. The molecule has 2 heterocycles. The van der Waals surface area contributed by atoms with Crippen molar-refractivity contribution in [1.82, 2.24) is 30.0 Å². The number of phenolic OH excluding ortho intramolecular Hbond substituents is 2. The number of nitrogens with one attached hydrogen (secondary N) is 2. The molecule has 0 bridgehead atoms. The third-order valence-corrected chi connectivity index (χ3v) is 6.60. The summed E-state index contributed by atoms with van der Waals surface area (Å²) in [4.78, 5) is 0. The fourth-order valence-corrected chi connectivity index (χ4v) is 4.56. The number of aromatic hydroxyl groups is 2. The maximum atomic E-state index is 10.1. The highest BCUT2D eigenvalue weighted by atomic mass is 16.3. The van der Waals surface area contributed by atoms with Gasteiger partial charge in [-0.1, -0.05) is 34.7 Å². The Morgan fingerprint density at radius 1 is 0.605 bits per heavy atom. The maximum absolute atomic E-state index is 10.1. The van der Waals surface area contributed by atoms with Crippen LogP contribution < -0.4 is 10.6 Å². The molecule has 2 atom stereocenters. The molecule has 6 rings (SSSR count). The summed E-state index contributed by atoms with van der Waals surface area (Å²) in [5.41, 5.74) is 6.21. The molecule has 4 N–H and O–H groups in total. The number of anilines is 2. The third-order valence-electron chi connectivity index (χ3n) is 6.60. The van der Waals surface area contributed by atoms with Gasteiger partial charge < -0.3 is 20.8 Å². The van der Waals surface area contributed by atoms with Crippen molar-refractivity contribution in [2.24, 2.45) is 0 Å². The molecule has 10 heteroatoms. The Bertz CT molecular complexity index is 1630. The number of nitrogens with zero attached hydrogens (tertiary/aromatic N) is 6. The lowest BCUT2D eigenvalue weighted by Gasteiger charge is -2.31. The zero-order valence-corrected chi connectivity index (χ0v) is 20.8. The minimum Gasteiger partial charge on any atom is -0.508 e. The number of phenols is 2. The van der Waals surface area contributed by atoms with Gasteiger partial charge in [0.15, 0.2) is 12.3 Å². The zero-order chi connectivity index (χ0) is 26.2. The number of aromatic nitrogens is 6. The summed E-state index contributed by atoms with van der Waals surface area (Å²) >= 11 is 0. The van der Waals surface area contributed by atoms with Gasteiger partial charge in [0, 0.05) is 11.4 Å². The minimum absolute atomic E-state index is 0.217. The first-order valence-corrected chi connectivity index (χ1v) is 12.2. The fourth-order valence-electron chi connectivity index (χ4n) is 4.56. The first kappa shape index (κ1) is 23.3. The van der Waals surface area contributed by atoms with E-state index in [2.05, 4.69) is 31.3 Å². The Morgan fingerprint density at radius 2 is 1.03 bits per heavy atom. The van der Waals surface area contributed by atoms with Gasteiger partial charge in [-0.05, 0) is 85.6 Å². The van der Waals surface area contributed by atoms with E-state index in [9.17, 15) is 10.2 Å². The highest BCUT2D eigenvalue weighted by Gasteiger charge is 2.30. The van der Waals surface area contributed by atoms with Gasteiger partial charge >= 0.3 is 0 Å². The van der Waals surface area contributed by atoms with Crippen molar-refractivity contribution in [3.05, 3.63) is 96.1 Å². The molecule has 0 aliphatic rings. The molecule has 0 saturated carbocycles. The topological polar surface area (TPSA) is 126 Å². The molecule has 10 nitrogen and oxygen atoms in total. The third kappa shape index (κ3) is 4.21. The minimum atomic E-state index is -0.550. The molecule has 190 valence electrons. The molecule has 4 aromatic carbocycles. The Morgan fingerprint density at radius 3 is 1.45 bits per heavy atom. The van der Waals surface area contributed by atoms with Crippen LogP contribution >= 0.6 is 0 Å². The van der Waals surface area contributed by atoms with Gasteiger partial charge in [-0.3, -0.25) is 0 Å². The Labute approximate surface area is 218 Å². The largest absolute Gasteiger partial charge is 0.508 e. The molecule has 0 saturated heterocycles. The van der Waals surface area contributed by atoms with Crippen molar-refractivity contribution in [3.8, 4) is 11.5 Å². The van der Waals surface area contributed by atoms with Crippen molar-refractivity contribution in [1.29, 1.82) is 0 Å². The van der Waals surface area contributed by atoms with E-state index < -0.39 is 12.3 Å². The average molecular weight is 507 g/mol. The summed E-state index contributed by atoms with van der Waals surface area (Å²) in [5, 5.41) is 45.3. The van der Waals surface area contributed by atoms with Crippen LogP contribution in [0.15, 0.2) is 84.9 Å². The molecule has 38 heavy (non-hydrogen) atoms. The number of para-hydroxylation sites is 2. The number of hydrogen-bond acceptors (Lipinski definition) is 8. The van der Waals surface area contributed by atoms with Crippen LogP contribution in [0.1, 0.15) is 23.5 Å². The van der Waals surface area contributed by atoms with Crippen LogP contribution in [-0.2, 0) is 0 Å². The highest BCUT2D eigenvalue weighted by molar-refractivity contribution is 5.75. The predicted molar refractivity (Wildman–Crippen MR) is 146 cm³/mol. The second-order valence-corrected chi connectivity index (χ2v) is 9.23. The van der Waals surface area contributed by atoms with Crippen LogP contribution in [0.5, 0.6) is 11.5 Å². The van der Waals surface area contributed by atoms with Gasteiger partial charge in [-0.15, -0.1) is 10.2 Å².